The maximum Gasteiger partial charge on any atom is 0.240 e. The van der Waals surface area contributed by atoms with Crippen LogP contribution in [0.25, 0.3) is 0 Å². The minimum Gasteiger partial charge on any atom is -0.212 e. The van der Waals surface area contributed by atoms with Crippen LogP contribution in [0.3, 0.4) is 0 Å². The van der Waals surface area contributed by atoms with Gasteiger partial charge >= 0.3 is 0 Å². The van der Waals surface area contributed by atoms with E-state index in [1.807, 2.05) is 0 Å². The van der Waals surface area contributed by atoms with Crippen LogP contribution in [0.5, 0.6) is 0 Å². The highest BCUT2D eigenvalue weighted by atomic mass is 35.7. The van der Waals surface area contributed by atoms with E-state index in [1.165, 1.54) is 0 Å². The number of benzene rings is 2. The molecule has 2 aromatic rings. The van der Waals surface area contributed by atoms with Crippen LogP contribution in [-0.2, 0) is 15.5 Å². The third-order valence-electron chi connectivity index (χ3n) is 3.06. The van der Waals surface area contributed by atoms with Gasteiger partial charge < -0.3 is 0 Å². The van der Waals surface area contributed by atoms with Gasteiger partial charge in [0.25, 0.3) is 0 Å². The number of rotatable bonds is 4. The van der Waals surface area contributed by atoms with Crippen molar-refractivity contribution in [3.05, 3.63) is 70.8 Å². The van der Waals surface area contributed by atoms with E-state index in [0.717, 1.165) is 30.3 Å². The first-order valence-electron chi connectivity index (χ1n) is 6.01. The Balaban J connectivity index is 2.53. The molecule has 0 heterocycles. The average molecular weight is 353 g/mol. The molecule has 0 aliphatic rings. The van der Waals surface area contributed by atoms with E-state index in [0.29, 0.717) is 6.07 Å². The summed E-state index contributed by atoms with van der Waals surface area (Å²) in [5.41, 5.74) is -0.850. The Morgan fingerprint density at radius 1 is 0.909 bits per heavy atom. The van der Waals surface area contributed by atoms with Crippen molar-refractivity contribution >= 4 is 19.7 Å². The van der Waals surface area contributed by atoms with Crippen molar-refractivity contribution in [1.82, 2.24) is 0 Å². The third-order valence-corrected chi connectivity index (χ3v) is 4.80. The number of halogens is 5. The quantitative estimate of drug-likeness (QED) is 0.613. The van der Waals surface area contributed by atoms with E-state index < -0.39 is 49.6 Å². The summed E-state index contributed by atoms with van der Waals surface area (Å²) in [7, 11) is 0.858. The summed E-state index contributed by atoms with van der Waals surface area (Å²) < 4.78 is 77.1. The van der Waals surface area contributed by atoms with E-state index in [2.05, 4.69) is 0 Å². The van der Waals surface area contributed by atoms with Crippen molar-refractivity contribution in [2.75, 3.05) is 0 Å². The topological polar surface area (TPSA) is 34.1 Å². The van der Waals surface area contributed by atoms with Gasteiger partial charge in [0, 0.05) is 16.2 Å². The van der Waals surface area contributed by atoms with E-state index in [1.54, 1.807) is 0 Å². The fourth-order valence-corrected chi connectivity index (χ4v) is 3.36. The van der Waals surface area contributed by atoms with Gasteiger partial charge in [-0.1, -0.05) is 0 Å². The van der Waals surface area contributed by atoms with Crippen LogP contribution in [0.4, 0.5) is 17.6 Å². The second kappa shape index (κ2) is 6.26. The van der Waals surface area contributed by atoms with Crippen LogP contribution in [0, 0.1) is 23.3 Å². The second-order valence-corrected chi connectivity index (χ2v) is 7.38. The number of hydrogen-bond acceptors (Lipinski definition) is 2. The minimum atomic E-state index is -4.41. The molecule has 0 bridgehead atoms. The van der Waals surface area contributed by atoms with Gasteiger partial charge in [0.15, 0.2) is 0 Å². The largest absolute Gasteiger partial charge is 0.240 e. The van der Waals surface area contributed by atoms with Gasteiger partial charge in [-0.05, 0) is 48.4 Å². The lowest BCUT2D eigenvalue weighted by molar-refractivity contribution is 0.555. The molecule has 22 heavy (non-hydrogen) atoms. The van der Waals surface area contributed by atoms with Crippen molar-refractivity contribution in [2.24, 2.45) is 0 Å². The molecule has 0 saturated heterocycles. The summed E-state index contributed by atoms with van der Waals surface area (Å²) in [5.74, 6) is -3.54. The maximum absolute atomic E-state index is 13.8. The SMILES string of the molecule is O=S(=O)(Cl)C(Cc1cc(F)ccc1F)c1cc(F)ccc1F. The summed E-state index contributed by atoms with van der Waals surface area (Å²) >= 11 is 0. The highest BCUT2D eigenvalue weighted by molar-refractivity contribution is 8.13. The zero-order valence-corrected chi connectivity index (χ0v) is 12.4. The first-order valence-corrected chi connectivity index (χ1v) is 8.38. The first kappa shape index (κ1) is 16.8. The third kappa shape index (κ3) is 3.78. The molecule has 0 aliphatic heterocycles. The van der Waals surface area contributed by atoms with E-state index in [9.17, 15) is 26.0 Å². The normalized spacial score (nSPS) is 13.1. The van der Waals surface area contributed by atoms with E-state index >= 15 is 0 Å². The van der Waals surface area contributed by atoms with Crippen molar-refractivity contribution in [3.8, 4) is 0 Å². The summed E-state index contributed by atoms with van der Waals surface area (Å²) in [6.45, 7) is 0. The van der Waals surface area contributed by atoms with Gasteiger partial charge in [-0.2, -0.15) is 0 Å². The molecule has 0 spiro atoms. The predicted octanol–water partition coefficient (Wildman–Crippen LogP) is 4.10. The molecule has 2 nitrogen and oxygen atoms in total. The van der Waals surface area contributed by atoms with Gasteiger partial charge in [0.2, 0.25) is 9.05 Å². The number of hydrogen-bond donors (Lipinski definition) is 0. The molecule has 8 heteroatoms. The Labute approximate surface area is 128 Å². The standard InChI is InChI=1S/C14H9ClF4O2S/c15-22(20,21)14(11-7-10(17)2-4-13(11)19)6-8-5-9(16)1-3-12(8)18/h1-5,7,14H,6H2. The van der Waals surface area contributed by atoms with Crippen molar-refractivity contribution in [3.63, 3.8) is 0 Å². The molecular formula is C14H9ClF4O2S. The van der Waals surface area contributed by atoms with Gasteiger partial charge in [0.05, 0.1) is 0 Å². The highest BCUT2D eigenvalue weighted by Crippen LogP contribution is 2.32. The Morgan fingerprint density at radius 2 is 1.45 bits per heavy atom. The van der Waals surface area contributed by atoms with Crippen molar-refractivity contribution in [2.45, 2.75) is 11.7 Å². The van der Waals surface area contributed by atoms with Crippen LogP contribution >= 0.6 is 10.7 Å². The van der Waals surface area contributed by atoms with Crippen molar-refractivity contribution < 1.29 is 26.0 Å². The predicted molar refractivity (Wildman–Crippen MR) is 73.9 cm³/mol. The Hall–Kier alpha value is -1.60. The molecule has 1 atom stereocenters. The summed E-state index contributed by atoms with van der Waals surface area (Å²) in [6.07, 6.45) is -0.629. The molecule has 2 rings (SSSR count). The smallest absolute Gasteiger partial charge is 0.212 e. The molecule has 0 saturated carbocycles. The minimum absolute atomic E-state index is 0.308. The lowest BCUT2D eigenvalue weighted by Crippen LogP contribution is -2.14. The first-order chi connectivity index (χ1) is 10.2. The summed E-state index contributed by atoms with van der Waals surface area (Å²) in [5, 5.41) is -1.75. The molecule has 0 N–H and O–H groups in total. The van der Waals surface area contributed by atoms with Crippen LogP contribution in [0.2, 0.25) is 0 Å². The van der Waals surface area contributed by atoms with Crippen LogP contribution in [0.15, 0.2) is 36.4 Å². The van der Waals surface area contributed by atoms with Crippen LogP contribution in [-0.4, -0.2) is 8.42 Å². The summed E-state index contributed by atoms with van der Waals surface area (Å²) in [4.78, 5) is 0. The van der Waals surface area contributed by atoms with Gasteiger partial charge in [-0.25, -0.2) is 26.0 Å². The molecule has 2 aromatic carbocycles. The molecule has 0 amide bonds. The average Bonchev–Trinajstić information content (AvgIpc) is 2.41. The van der Waals surface area contributed by atoms with Crippen LogP contribution < -0.4 is 0 Å². The molecule has 0 aromatic heterocycles. The maximum atomic E-state index is 13.8. The summed E-state index contributed by atoms with van der Waals surface area (Å²) in [6, 6.07) is 4.65. The van der Waals surface area contributed by atoms with Gasteiger partial charge in [0.1, 0.15) is 28.5 Å². The molecule has 118 valence electrons. The van der Waals surface area contributed by atoms with E-state index in [4.69, 9.17) is 10.7 Å². The van der Waals surface area contributed by atoms with Crippen LogP contribution in [0.1, 0.15) is 16.4 Å². The lowest BCUT2D eigenvalue weighted by atomic mass is 10.0. The van der Waals surface area contributed by atoms with Crippen molar-refractivity contribution in [1.29, 1.82) is 0 Å². The molecule has 0 fully saturated rings. The Kier molecular flexibility index (Phi) is 4.77. The van der Waals surface area contributed by atoms with Gasteiger partial charge in [-0.3, -0.25) is 0 Å². The highest BCUT2D eigenvalue weighted by Gasteiger charge is 2.29. The lowest BCUT2D eigenvalue weighted by Gasteiger charge is -2.15. The Bertz CT molecular complexity index is 808. The monoisotopic (exact) mass is 352 g/mol. The second-order valence-electron chi connectivity index (χ2n) is 4.57. The molecule has 0 radical (unpaired) electrons. The molecule has 1 unspecified atom stereocenters. The van der Waals surface area contributed by atoms with E-state index in [-0.39, 0.29) is 5.56 Å². The zero-order chi connectivity index (χ0) is 16.5. The fraction of sp³-hybridized carbons (Fsp3) is 0.143. The van der Waals surface area contributed by atoms with Gasteiger partial charge in [-0.15, -0.1) is 0 Å². The molecular weight excluding hydrogens is 344 g/mol. The Morgan fingerprint density at radius 3 is 2.05 bits per heavy atom. The molecule has 0 aliphatic carbocycles. The zero-order valence-electron chi connectivity index (χ0n) is 10.9. The fourth-order valence-electron chi connectivity index (χ4n) is 2.02.